The lowest BCUT2D eigenvalue weighted by Crippen LogP contribution is -2.17. The molecule has 0 aliphatic carbocycles. The number of aromatic amines is 1. The molecule has 1 aliphatic rings. The van der Waals surface area contributed by atoms with Crippen LogP contribution in [0.1, 0.15) is 30.1 Å². The SMILES string of the molecule is Cc1cc(Cc2n[nH]c(=S)n2CC2CCCO2)n(C)n1. The molecule has 1 unspecified atom stereocenters. The highest BCUT2D eigenvalue weighted by atomic mass is 32.1. The van der Waals surface area contributed by atoms with Crippen LogP contribution in [0.5, 0.6) is 0 Å². The van der Waals surface area contributed by atoms with Crippen molar-refractivity contribution < 1.29 is 4.74 Å². The Bertz CT molecular complexity index is 650. The summed E-state index contributed by atoms with van der Waals surface area (Å²) < 4.78 is 10.3. The van der Waals surface area contributed by atoms with E-state index < -0.39 is 0 Å². The lowest BCUT2D eigenvalue weighted by atomic mass is 10.2. The summed E-state index contributed by atoms with van der Waals surface area (Å²) in [5.74, 6) is 0.938. The maximum atomic E-state index is 5.69. The summed E-state index contributed by atoms with van der Waals surface area (Å²) >= 11 is 5.33. The molecule has 0 amide bonds. The van der Waals surface area contributed by atoms with Crippen LogP contribution in [-0.4, -0.2) is 37.3 Å². The van der Waals surface area contributed by atoms with Gasteiger partial charge in [0.15, 0.2) is 4.77 Å². The Kier molecular flexibility index (Phi) is 3.71. The molecule has 0 bridgehead atoms. The van der Waals surface area contributed by atoms with Gasteiger partial charge in [-0.2, -0.15) is 10.2 Å². The summed E-state index contributed by atoms with van der Waals surface area (Å²) in [6.45, 7) is 3.63. The molecule has 2 aromatic rings. The molecule has 3 heterocycles. The molecule has 0 spiro atoms. The van der Waals surface area contributed by atoms with Gasteiger partial charge in [-0.25, -0.2) is 0 Å². The van der Waals surface area contributed by atoms with E-state index in [1.165, 1.54) is 0 Å². The highest BCUT2D eigenvalue weighted by molar-refractivity contribution is 7.71. The van der Waals surface area contributed by atoms with Crippen LogP contribution in [0, 0.1) is 11.7 Å². The fourth-order valence-electron chi connectivity index (χ4n) is 2.66. The summed E-state index contributed by atoms with van der Waals surface area (Å²) in [5.41, 5.74) is 2.15. The van der Waals surface area contributed by atoms with Crippen LogP contribution in [0.25, 0.3) is 0 Å². The molecule has 0 saturated carbocycles. The van der Waals surface area contributed by atoms with Gasteiger partial charge in [0.25, 0.3) is 0 Å². The van der Waals surface area contributed by atoms with E-state index in [2.05, 4.69) is 21.4 Å². The zero-order valence-corrected chi connectivity index (χ0v) is 12.6. The van der Waals surface area contributed by atoms with E-state index in [4.69, 9.17) is 17.0 Å². The quantitative estimate of drug-likeness (QED) is 0.873. The van der Waals surface area contributed by atoms with Gasteiger partial charge in [0.2, 0.25) is 0 Å². The second-order valence-electron chi connectivity index (χ2n) is 5.27. The van der Waals surface area contributed by atoms with Crippen molar-refractivity contribution in [2.24, 2.45) is 7.05 Å². The van der Waals surface area contributed by atoms with Crippen molar-refractivity contribution in [3.63, 3.8) is 0 Å². The molecule has 6 nitrogen and oxygen atoms in total. The fourth-order valence-corrected chi connectivity index (χ4v) is 2.88. The van der Waals surface area contributed by atoms with Crippen molar-refractivity contribution in [3.8, 4) is 0 Å². The van der Waals surface area contributed by atoms with Gasteiger partial charge >= 0.3 is 0 Å². The van der Waals surface area contributed by atoms with Gasteiger partial charge in [-0.1, -0.05) is 0 Å². The van der Waals surface area contributed by atoms with E-state index in [1.54, 1.807) is 0 Å². The van der Waals surface area contributed by atoms with E-state index >= 15 is 0 Å². The molecule has 3 rings (SSSR count). The van der Waals surface area contributed by atoms with E-state index in [1.807, 2.05) is 23.2 Å². The van der Waals surface area contributed by atoms with Crippen LogP contribution in [0.4, 0.5) is 0 Å². The Balaban J connectivity index is 1.82. The van der Waals surface area contributed by atoms with Gasteiger partial charge < -0.3 is 9.30 Å². The molecule has 0 aromatic carbocycles. The summed E-state index contributed by atoms with van der Waals surface area (Å²) in [6.07, 6.45) is 3.20. The third-order valence-electron chi connectivity index (χ3n) is 3.69. The molecule has 0 radical (unpaired) electrons. The zero-order chi connectivity index (χ0) is 14.1. The Morgan fingerprint density at radius 2 is 2.40 bits per heavy atom. The number of aromatic nitrogens is 5. The minimum atomic E-state index is 0.256. The molecule has 1 atom stereocenters. The van der Waals surface area contributed by atoms with Crippen molar-refractivity contribution in [2.75, 3.05) is 6.61 Å². The third-order valence-corrected chi connectivity index (χ3v) is 4.00. The number of aryl methyl sites for hydroxylation is 2. The van der Waals surface area contributed by atoms with Gasteiger partial charge in [0, 0.05) is 25.8 Å². The first kappa shape index (κ1) is 13.5. The number of H-pyrrole nitrogens is 1. The van der Waals surface area contributed by atoms with Gasteiger partial charge in [-0.05, 0) is 38.0 Å². The van der Waals surface area contributed by atoms with E-state index in [0.29, 0.717) is 4.77 Å². The summed E-state index contributed by atoms with van der Waals surface area (Å²) in [4.78, 5) is 0. The topological polar surface area (TPSA) is 60.7 Å². The number of nitrogens with zero attached hydrogens (tertiary/aromatic N) is 4. The third kappa shape index (κ3) is 2.69. The van der Waals surface area contributed by atoms with Crippen LogP contribution in [0.15, 0.2) is 6.07 Å². The second-order valence-corrected chi connectivity index (χ2v) is 5.65. The molecule has 7 heteroatoms. The average Bonchev–Trinajstić information content (AvgIpc) is 3.08. The van der Waals surface area contributed by atoms with Crippen LogP contribution >= 0.6 is 12.2 Å². The first-order valence-corrected chi connectivity index (χ1v) is 7.29. The van der Waals surface area contributed by atoms with Crippen molar-refractivity contribution >= 4 is 12.2 Å². The smallest absolute Gasteiger partial charge is 0.195 e. The number of hydrogen-bond acceptors (Lipinski definition) is 4. The van der Waals surface area contributed by atoms with Crippen molar-refractivity contribution in [2.45, 2.75) is 38.8 Å². The molecule has 1 saturated heterocycles. The van der Waals surface area contributed by atoms with Crippen LogP contribution in [0.2, 0.25) is 0 Å². The zero-order valence-electron chi connectivity index (χ0n) is 11.8. The lowest BCUT2D eigenvalue weighted by molar-refractivity contribution is 0.0959. The first-order chi connectivity index (χ1) is 9.63. The number of hydrogen-bond donors (Lipinski definition) is 1. The van der Waals surface area contributed by atoms with Crippen LogP contribution < -0.4 is 0 Å². The Labute approximate surface area is 122 Å². The molecular formula is C13H19N5OS. The Morgan fingerprint density at radius 3 is 3.05 bits per heavy atom. The van der Waals surface area contributed by atoms with Gasteiger partial charge in [-0.3, -0.25) is 9.78 Å². The van der Waals surface area contributed by atoms with Crippen LogP contribution in [-0.2, 0) is 24.8 Å². The van der Waals surface area contributed by atoms with Gasteiger partial charge in [0.05, 0.1) is 18.3 Å². The highest BCUT2D eigenvalue weighted by Gasteiger charge is 2.19. The molecule has 2 aromatic heterocycles. The Hall–Kier alpha value is -1.47. The number of nitrogens with one attached hydrogen (secondary N) is 1. The normalized spacial score (nSPS) is 18.8. The summed E-state index contributed by atoms with van der Waals surface area (Å²) in [6, 6.07) is 2.08. The maximum absolute atomic E-state index is 5.69. The van der Waals surface area contributed by atoms with Crippen molar-refractivity contribution in [1.29, 1.82) is 0 Å². The molecule has 1 aliphatic heterocycles. The maximum Gasteiger partial charge on any atom is 0.195 e. The largest absolute Gasteiger partial charge is 0.376 e. The molecule has 20 heavy (non-hydrogen) atoms. The predicted molar refractivity (Wildman–Crippen MR) is 77.1 cm³/mol. The van der Waals surface area contributed by atoms with Gasteiger partial charge in [-0.15, -0.1) is 0 Å². The molecular weight excluding hydrogens is 274 g/mol. The Morgan fingerprint density at radius 1 is 1.55 bits per heavy atom. The molecule has 1 fully saturated rings. The van der Waals surface area contributed by atoms with E-state index in [-0.39, 0.29) is 6.10 Å². The minimum absolute atomic E-state index is 0.256. The average molecular weight is 293 g/mol. The summed E-state index contributed by atoms with van der Waals surface area (Å²) in [7, 11) is 1.95. The van der Waals surface area contributed by atoms with Crippen LogP contribution in [0.3, 0.4) is 0 Å². The minimum Gasteiger partial charge on any atom is -0.376 e. The van der Waals surface area contributed by atoms with Crippen molar-refractivity contribution in [1.82, 2.24) is 24.5 Å². The van der Waals surface area contributed by atoms with Crippen molar-refractivity contribution in [3.05, 3.63) is 28.0 Å². The fraction of sp³-hybridized carbons (Fsp3) is 0.615. The van der Waals surface area contributed by atoms with Gasteiger partial charge in [0.1, 0.15) is 5.82 Å². The monoisotopic (exact) mass is 293 g/mol. The van der Waals surface area contributed by atoms with E-state index in [0.717, 1.165) is 49.6 Å². The molecule has 1 N–H and O–H groups in total. The highest BCUT2D eigenvalue weighted by Crippen LogP contribution is 2.16. The standard InChI is InChI=1S/C13H19N5OS/c1-9-6-10(17(2)16-9)7-12-14-15-13(20)18(12)8-11-4-3-5-19-11/h6,11H,3-5,7-8H2,1-2H3,(H,15,20). The van der Waals surface area contributed by atoms with E-state index in [9.17, 15) is 0 Å². The lowest BCUT2D eigenvalue weighted by Gasteiger charge is -2.12. The predicted octanol–water partition coefficient (Wildman–Crippen LogP) is 1.75. The number of rotatable bonds is 4. The second kappa shape index (κ2) is 5.49. The number of ether oxygens (including phenoxy) is 1. The molecule has 108 valence electrons. The summed E-state index contributed by atoms with van der Waals surface area (Å²) in [5, 5.41) is 11.6. The first-order valence-electron chi connectivity index (χ1n) is 6.88.